The second kappa shape index (κ2) is 63.3. The Bertz CT molecular complexity index is 3670. The lowest BCUT2D eigenvalue weighted by Gasteiger charge is -2.25. The smallest absolute Gasteiger partial charge is 0.333 e. The van der Waals surface area contributed by atoms with Crippen molar-refractivity contribution in [1.82, 2.24) is 0 Å². The van der Waals surface area contributed by atoms with Crippen molar-refractivity contribution in [2.45, 2.75) is 339 Å². The third kappa shape index (κ3) is 60.5. The summed E-state index contributed by atoms with van der Waals surface area (Å²) < 4.78 is 20.9. The molecule has 0 aliphatic rings. The molecule has 5 N–H and O–H groups in total. The second-order valence-corrected chi connectivity index (χ2v) is 38.4. The highest BCUT2D eigenvalue weighted by Gasteiger charge is 2.24. The Morgan fingerprint density at radius 1 is 0.331 bits per heavy atom. The van der Waals surface area contributed by atoms with Crippen LogP contribution in [0.25, 0.3) is 0 Å². The zero-order valence-corrected chi connectivity index (χ0v) is 81.1. The van der Waals surface area contributed by atoms with Crippen LogP contribution in [0.5, 0.6) is 11.5 Å². The summed E-state index contributed by atoms with van der Waals surface area (Å²) in [6.45, 7) is 62.6. The first kappa shape index (κ1) is 115. The molecule has 0 aliphatic heterocycles. The van der Waals surface area contributed by atoms with Gasteiger partial charge >= 0.3 is 23.9 Å². The lowest BCUT2D eigenvalue weighted by atomic mass is 9.80. The Kier molecular flexibility index (Phi) is 60.4. The monoisotopic (exact) mass is 1740 g/mol. The number of benzene rings is 5. The number of carboxylic acids is 1. The number of aromatic hydroxyl groups is 1. The van der Waals surface area contributed by atoms with Crippen LogP contribution in [0, 0.1) is 0 Å². The number of alkyl halides is 3. The predicted octanol–water partition coefficient (Wildman–Crippen LogP) is 30.4. The number of anilines is 1. The van der Waals surface area contributed by atoms with Crippen molar-refractivity contribution in [2.24, 2.45) is 20.5 Å². The fraction of sp³-hybridized carbons (Fsp3) is 0.588. The number of halogens is 3. The normalized spacial score (nSPS) is 11.4. The molecule has 121 heavy (non-hydrogen) atoms. The molecule has 0 fully saturated rings. The number of aliphatic carboxylic acids is 1. The van der Waals surface area contributed by atoms with Crippen LogP contribution in [-0.4, -0.2) is 89.9 Å². The van der Waals surface area contributed by atoms with Gasteiger partial charge < -0.3 is 40.0 Å². The molecule has 680 valence electrons. The van der Waals surface area contributed by atoms with E-state index in [4.69, 9.17) is 69.7 Å². The lowest BCUT2D eigenvalue weighted by molar-refractivity contribution is -0.139. The Morgan fingerprint density at radius 2 is 0.554 bits per heavy atom. The Hall–Kier alpha value is -7.63. The minimum atomic E-state index is -0.935. The van der Waals surface area contributed by atoms with Gasteiger partial charge in [-0.2, -0.15) is 20.5 Å². The maximum absolute atomic E-state index is 11.3. The lowest BCUT2D eigenvalue weighted by Crippen LogP contribution is -2.16. The van der Waals surface area contributed by atoms with E-state index in [2.05, 4.69) is 226 Å². The molecular formula is C102H160Cl3N5O11. The first-order chi connectivity index (χ1) is 56.4. The number of phenolic OH excluding ortho intramolecular Hbond substituents is 1. The number of carboxylic acid groups (broad SMARTS) is 1. The number of nitrogen functional groups attached to an aromatic ring is 1. The molecule has 0 atom stereocenters. The minimum Gasteiger partial charge on any atom is -0.508 e. The molecule has 0 saturated carbocycles. The number of phenols is 1. The Morgan fingerprint density at radius 3 is 0.793 bits per heavy atom. The number of hydrogen-bond acceptors (Lipinski definition) is 15. The molecule has 16 nitrogen and oxygen atoms in total. The number of aliphatic hydroxyl groups is 1. The number of carbonyl (C=O) groups excluding carboxylic acids is 3. The van der Waals surface area contributed by atoms with Gasteiger partial charge in [-0.15, -0.1) is 34.8 Å². The number of esters is 3. The maximum Gasteiger partial charge on any atom is 0.333 e. The van der Waals surface area contributed by atoms with Crippen molar-refractivity contribution >= 4 is 87.1 Å². The summed E-state index contributed by atoms with van der Waals surface area (Å²) in [4.78, 5) is 42.9. The highest BCUT2D eigenvalue weighted by molar-refractivity contribution is 6.18. The van der Waals surface area contributed by atoms with Crippen molar-refractivity contribution < 1.29 is 53.4 Å². The van der Waals surface area contributed by atoms with Crippen molar-refractivity contribution in [3.05, 3.63) is 185 Å². The predicted molar refractivity (Wildman–Crippen MR) is 514 cm³/mol. The van der Waals surface area contributed by atoms with E-state index in [1.54, 1.807) is 45.0 Å². The topological polar surface area (TPSA) is 241 Å². The van der Waals surface area contributed by atoms with E-state index in [0.717, 1.165) is 142 Å². The number of carbonyl (C=O) groups is 4. The van der Waals surface area contributed by atoms with Gasteiger partial charge in [-0.1, -0.05) is 272 Å². The van der Waals surface area contributed by atoms with Gasteiger partial charge in [0.15, 0.2) is 0 Å². The minimum absolute atomic E-state index is 0.0473. The average Bonchev–Trinajstić information content (AvgIpc) is 0.822. The van der Waals surface area contributed by atoms with E-state index in [0.29, 0.717) is 49.8 Å². The summed E-state index contributed by atoms with van der Waals surface area (Å²) in [5.41, 5.74) is 19.9. The zero-order chi connectivity index (χ0) is 92.4. The van der Waals surface area contributed by atoms with Crippen LogP contribution in [0.2, 0.25) is 0 Å². The molecule has 0 aliphatic carbocycles. The van der Waals surface area contributed by atoms with E-state index in [9.17, 15) is 24.3 Å². The maximum atomic E-state index is 11.3. The number of ether oxygens (including phenoxy) is 4. The van der Waals surface area contributed by atoms with Crippen LogP contribution in [-0.2, 0) is 65.9 Å². The van der Waals surface area contributed by atoms with Crippen LogP contribution in [0.4, 0.5) is 28.4 Å². The summed E-state index contributed by atoms with van der Waals surface area (Å²) in [6.07, 6.45) is 27.0. The molecule has 0 radical (unpaired) electrons. The summed E-state index contributed by atoms with van der Waals surface area (Å²) in [5.74, 6) is 1.60. The average molecular weight is 1740 g/mol. The number of azo groups is 2. The van der Waals surface area contributed by atoms with Crippen LogP contribution in [0.3, 0.4) is 0 Å². The Balaban J connectivity index is 0. The molecule has 0 amide bonds. The van der Waals surface area contributed by atoms with E-state index in [-0.39, 0.29) is 61.7 Å². The van der Waals surface area contributed by atoms with Gasteiger partial charge in [-0.3, -0.25) is 0 Å². The first-order valence-electron chi connectivity index (χ1n) is 43.7. The zero-order valence-electron chi connectivity index (χ0n) is 78.9. The molecule has 5 aromatic carbocycles. The fourth-order valence-corrected chi connectivity index (χ4v) is 11.2. The van der Waals surface area contributed by atoms with Gasteiger partial charge in [0.25, 0.3) is 0 Å². The fourth-order valence-electron chi connectivity index (χ4n) is 10.6. The summed E-state index contributed by atoms with van der Waals surface area (Å²) in [5, 5.41) is 43.4. The molecule has 0 spiro atoms. The van der Waals surface area contributed by atoms with E-state index in [1.165, 1.54) is 105 Å². The third-order valence-corrected chi connectivity index (χ3v) is 19.6. The van der Waals surface area contributed by atoms with Gasteiger partial charge in [0.1, 0.15) is 11.5 Å². The molecule has 0 bridgehead atoms. The SMILES string of the molecule is C=C(C)C(=O)O.C=C(C)C(=O)OCCCCCCCCCl.C=C(C)C(=O)OCCCCCCCCCl.C=C(C)C(=O)OCCCCCCCCOc1ccc(N=Nc2cc(C(C)(C)C)cc(C(C)(C)C)c2)cc1.CC(C)(C)c1cc(N)cc(C(C)(C)C)c1.CC(C)(C)c1cc(N=Nc2ccc(O)cc2)cc(C(C)(C)C)c1.OCCCCCCCCCl. The van der Waals surface area contributed by atoms with Crippen molar-refractivity contribution in [2.75, 3.05) is 56.4 Å². The van der Waals surface area contributed by atoms with Crippen molar-refractivity contribution in [3.8, 4) is 11.5 Å². The highest BCUT2D eigenvalue weighted by Crippen LogP contribution is 2.37. The number of hydrogen-bond donors (Lipinski definition) is 4. The summed E-state index contributed by atoms with van der Waals surface area (Å²) in [7, 11) is 0. The third-order valence-electron chi connectivity index (χ3n) is 18.8. The Labute approximate surface area is 748 Å². The van der Waals surface area contributed by atoms with Gasteiger partial charge in [0, 0.05) is 52.2 Å². The standard InChI is InChI=1S/C32H46N2O3.C20H26N2O.C14H23N.2C12H21ClO2.C8H17ClO.C4H6O2/c1-24(2)30(35)37-20-14-12-10-9-11-13-19-36-29-17-15-27(16-18-29)33-34-28-22-25(31(3,4)5)21-26(23-28)32(6,7)8;1-19(2,3)14-11-15(20(4,5)6)13-17(12-14)22-21-16-7-9-18(23)10-8-16;1-13(2,3)10-7-11(14(4,5)6)9-12(15)8-10;2*1-11(2)12(14)15-10-8-6-4-3-5-7-9-13;9-7-5-3-1-2-4-6-8-10;1-3(2)4(5)6/h15-18,21-23H,1,9-14,19-20H2,2-8H3;7-13,23H,1-6H3;7-9H,15H2,1-6H3;2*1,3-10H2,2H3;10H,1-8H2;1H2,2H3,(H,5,6). The van der Waals surface area contributed by atoms with Crippen LogP contribution in [0.15, 0.2) is 172 Å². The molecule has 19 heteroatoms. The van der Waals surface area contributed by atoms with E-state index < -0.39 is 5.97 Å². The number of rotatable bonds is 41. The van der Waals surface area contributed by atoms with Gasteiger partial charge in [-0.25, -0.2) is 19.2 Å². The van der Waals surface area contributed by atoms with Crippen molar-refractivity contribution in [1.29, 1.82) is 0 Å². The van der Waals surface area contributed by atoms with E-state index >= 15 is 0 Å². The molecule has 0 heterocycles. The molecule has 0 aromatic heterocycles. The van der Waals surface area contributed by atoms with Crippen LogP contribution < -0.4 is 10.5 Å². The number of unbranched alkanes of at least 4 members (excludes halogenated alkanes) is 20. The molecular weight excluding hydrogens is 1580 g/mol. The number of aliphatic hydroxyl groups excluding tert-OH is 1. The summed E-state index contributed by atoms with van der Waals surface area (Å²) >= 11 is 16.6. The van der Waals surface area contributed by atoms with E-state index in [1.807, 2.05) is 24.3 Å². The number of nitrogens with zero attached hydrogens (tertiary/aromatic N) is 4. The van der Waals surface area contributed by atoms with Crippen molar-refractivity contribution in [3.63, 3.8) is 0 Å². The van der Waals surface area contributed by atoms with Gasteiger partial charge in [0.05, 0.1) is 49.2 Å². The summed E-state index contributed by atoms with van der Waals surface area (Å²) in [6, 6.07) is 33.9. The molecule has 0 saturated heterocycles. The van der Waals surface area contributed by atoms with Crippen LogP contribution in [0.1, 0.15) is 340 Å². The van der Waals surface area contributed by atoms with Gasteiger partial charge in [0.2, 0.25) is 0 Å². The van der Waals surface area contributed by atoms with Gasteiger partial charge in [-0.05, 0) is 230 Å². The first-order valence-corrected chi connectivity index (χ1v) is 45.3. The highest BCUT2D eigenvalue weighted by atomic mass is 35.5. The molecule has 5 aromatic rings. The van der Waals surface area contributed by atoms with Crippen LogP contribution >= 0.6 is 34.8 Å². The largest absolute Gasteiger partial charge is 0.508 e. The molecule has 0 unspecified atom stereocenters. The second-order valence-electron chi connectivity index (χ2n) is 37.2. The quantitative estimate of drug-likeness (QED) is 0.00543. The number of nitrogens with two attached hydrogens (primary N) is 1. The molecule has 5 rings (SSSR count).